The number of hydrogen-bond acceptors (Lipinski definition) is 23. The normalized spacial score (nSPS) is 9.77. The van der Waals surface area contributed by atoms with E-state index in [1.807, 2.05) is 18.2 Å². The van der Waals surface area contributed by atoms with Gasteiger partial charge in [0.1, 0.15) is 11.4 Å². The summed E-state index contributed by atoms with van der Waals surface area (Å²) in [6, 6.07) is 34.6. The molecule has 0 aliphatic rings. The number of Topliss-reactive ketones (excluding diaryl/α,β-unsaturated/α-hetero) is 5. The fraction of sp³-hybridized carbons (Fsp3) is 0.297. The second kappa shape index (κ2) is 56.9. The van der Waals surface area contributed by atoms with Gasteiger partial charge in [-0.3, -0.25) is 68.4 Å². The number of H-pyrrole nitrogens is 1. The number of hydrogen-bond donors (Lipinski definition) is 11. The van der Waals surface area contributed by atoms with E-state index in [0.29, 0.717) is 117 Å². The van der Waals surface area contributed by atoms with Crippen LogP contribution in [0.1, 0.15) is 171 Å². The van der Waals surface area contributed by atoms with Crippen LogP contribution in [0.3, 0.4) is 0 Å². The highest BCUT2D eigenvalue weighted by atomic mass is 16.4. The molecule has 0 aliphatic carbocycles. The minimum atomic E-state index is -0.900. The maximum Gasteiger partial charge on any atom is 0.335 e. The Hall–Kier alpha value is -11.0. The lowest BCUT2D eigenvalue weighted by Crippen LogP contribution is -2.28. The summed E-state index contributed by atoms with van der Waals surface area (Å²) in [5.41, 5.74) is 27.7. The molecule has 27 heteroatoms. The molecule has 0 radical (unpaired) electrons. The van der Waals surface area contributed by atoms with E-state index in [1.165, 1.54) is 12.4 Å². The number of aromatic amines is 1. The van der Waals surface area contributed by atoms with E-state index in [4.69, 9.17) is 43.4 Å². The number of aliphatic hydroxyl groups excluding tert-OH is 3. The van der Waals surface area contributed by atoms with Crippen molar-refractivity contribution in [2.45, 2.75) is 83.5 Å². The second-order valence-electron chi connectivity index (χ2n) is 21.1. The van der Waals surface area contributed by atoms with E-state index < -0.39 is 5.97 Å². The van der Waals surface area contributed by atoms with Crippen molar-refractivity contribution in [1.82, 2.24) is 55.5 Å². The van der Waals surface area contributed by atoms with Crippen molar-refractivity contribution < 1.29 is 58.8 Å². The molecule has 0 unspecified atom stereocenters. The fourth-order valence-corrected chi connectivity index (χ4v) is 7.87. The van der Waals surface area contributed by atoms with E-state index in [1.54, 1.807) is 178 Å². The second-order valence-corrected chi connectivity index (χ2v) is 21.1. The summed E-state index contributed by atoms with van der Waals surface area (Å²) in [6.07, 6.45) is 31.0. The zero-order chi connectivity index (χ0) is 73.8. The summed E-state index contributed by atoms with van der Waals surface area (Å²) in [5.74, 6) is -0.789. The molecule has 0 saturated heterocycles. The van der Waals surface area contributed by atoms with Crippen LogP contribution < -0.4 is 33.6 Å². The van der Waals surface area contributed by atoms with Gasteiger partial charge >= 0.3 is 5.97 Å². The molecular weight excluding hydrogens is 1290 g/mol. The van der Waals surface area contributed by atoms with Gasteiger partial charge in [0.15, 0.2) is 28.9 Å². The van der Waals surface area contributed by atoms with Crippen LogP contribution in [0.4, 0.5) is 0 Å². The van der Waals surface area contributed by atoms with Crippen molar-refractivity contribution >= 4 is 46.7 Å². The van der Waals surface area contributed by atoms with Crippen LogP contribution in [0.2, 0.25) is 0 Å². The number of carbonyl (C=O) groups is 8. The molecule has 27 nitrogen and oxygen atoms in total. The van der Waals surface area contributed by atoms with E-state index in [0.717, 1.165) is 55.3 Å². The molecule has 1 aromatic carbocycles. The summed E-state index contributed by atoms with van der Waals surface area (Å²) >= 11 is 0. The minimum Gasteiger partial charge on any atom is -0.478 e. The monoisotopic (exact) mass is 1380 g/mol. The van der Waals surface area contributed by atoms with E-state index in [2.05, 4.69) is 55.5 Å². The number of carbonyl (C=O) groups excluding carboxylic acids is 7. The number of aromatic carboxylic acids is 1. The van der Waals surface area contributed by atoms with Crippen LogP contribution in [-0.4, -0.2) is 171 Å². The number of amides is 2. The predicted octanol–water partition coefficient (Wildman–Crippen LogP) is 7.14. The zero-order valence-corrected chi connectivity index (χ0v) is 56.6. The Morgan fingerprint density at radius 2 is 0.782 bits per heavy atom. The Bertz CT molecular complexity index is 3260. The maximum absolute atomic E-state index is 11.4. The number of pyridine rings is 7. The molecule has 8 aromatic heterocycles. The number of carboxylic acid groups (broad SMARTS) is 1. The smallest absolute Gasteiger partial charge is 0.335 e. The summed E-state index contributed by atoms with van der Waals surface area (Å²) < 4.78 is 0. The lowest BCUT2D eigenvalue weighted by atomic mass is 10.1. The molecule has 2 amide bonds. The van der Waals surface area contributed by atoms with Gasteiger partial charge in [-0.15, -0.1) is 0 Å². The van der Waals surface area contributed by atoms with Crippen LogP contribution in [0.15, 0.2) is 208 Å². The van der Waals surface area contributed by atoms with Gasteiger partial charge in [0.05, 0.1) is 29.6 Å². The molecule has 9 aromatic rings. The number of nitrogens with zero attached hydrogens (tertiary/aromatic N) is 8. The highest BCUT2D eigenvalue weighted by Gasteiger charge is 2.10. The Morgan fingerprint density at radius 1 is 0.356 bits per heavy atom. The van der Waals surface area contributed by atoms with Crippen LogP contribution in [0, 0.1) is 0 Å². The van der Waals surface area contributed by atoms with Gasteiger partial charge in [0.2, 0.25) is 0 Å². The predicted molar refractivity (Wildman–Crippen MR) is 384 cm³/mol. The quantitative estimate of drug-likeness (QED) is 0.0152. The molecule has 101 heavy (non-hydrogen) atoms. The summed E-state index contributed by atoms with van der Waals surface area (Å²) in [6.45, 7) is 3.15. The largest absolute Gasteiger partial charge is 0.478 e. The lowest BCUT2D eigenvalue weighted by molar-refractivity contribution is 0.0695. The first-order chi connectivity index (χ1) is 49.2. The van der Waals surface area contributed by atoms with E-state index in [9.17, 15) is 38.4 Å². The van der Waals surface area contributed by atoms with Crippen molar-refractivity contribution in [2.75, 3.05) is 59.1 Å². The first-order valence-corrected chi connectivity index (χ1v) is 32.6. The molecule has 8 heterocycles. The van der Waals surface area contributed by atoms with Gasteiger partial charge in [0, 0.05) is 174 Å². The van der Waals surface area contributed by atoms with Crippen molar-refractivity contribution in [3.05, 3.63) is 264 Å². The van der Waals surface area contributed by atoms with Gasteiger partial charge in [-0.1, -0.05) is 24.3 Å². The Morgan fingerprint density at radius 3 is 1.17 bits per heavy atom. The number of rotatable bonds is 31. The third-order valence-corrected chi connectivity index (χ3v) is 13.2. The summed E-state index contributed by atoms with van der Waals surface area (Å²) in [4.78, 5) is 124. The molecule has 0 spiro atoms. The Kier molecular flexibility index (Phi) is 48.5. The molecule has 0 aliphatic heterocycles. The maximum atomic E-state index is 11.4. The van der Waals surface area contributed by atoms with Crippen LogP contribution in [-0.2, 0) is 6.42 Å². The van der Waals surface area contributed by atoms with Crippen molar-refractivity contribution in [3.63, 3.8) is 0 Å². The van der Waals surface area contributed by atoms with Gasteiger partial charge in [-0.25, -0.2) is 9.78 Å². The lowest BCUT2D eigenvalue weighted by Gasteiger charge is -2.01. The third-order valence-electron chi connectivity index (χ3n) is 13.2. The van der Waals surface area contributed by atoms with Crippen LogP contribution >= 0.6 is 0 Å². The van der Waals surface area contributed by atoms with Gasteiger partial charge in [-0.2, -0.15) is 0 Å². The van der Waals surface area contributed by atoms with Crippen molar-refractivity contribution in [1.29, 1.82) is 0 Å². The number of benzene rings is 1. The van der Waals surface area contributed by atoms with E-state index in [-0.39, 0.29) is 67.1 Å². The highest BCUT2D eigenvalue weighted by Crippen LogP contribution is 2.11. The van der Waals surface area contributed by atoms with Gasteiger partial charge in [0.25, 0.3) is 11.8 Å². The standard InChI is InChI=1S/C11H10N2O2.2C10H14N2O.C9H12N2O.2C9H11NO2.C8H11N3O.C8H10N2O2/c14-11(15)9-3-1-8(2-4-9)5-10-6-12-7-13-10;11-7-3-1-6-10(13)9-5-2-4-8-12-9;11-6-2-1-5-10(13)9-4-3-7-12-8-9;10-5-1-2-9(12)8-3-6-11-7-4-8;11-7-1-2-9(12)8-3-5-10-6-4-8;11-7-3-5-9(12)8-4-1-2-6-10-8;9-3-5-11-8(12)7-2-1-4-10-6-7;11-5-4-10-8(12)7-2-1-3-9-6-7/h1-4,6-7H,5H2,(H,12,13)(H,14,15);2,4-5,8H,1,3,6-7,11H2;3-4,7-8H,1-2,5-6,11H2;3-4,6-7H,1-2,5,10H2;3-6,11H,1-2,7H2;1-2,4,6,11H,3,5,7H2;1-2,4,6H,3,5,9H2,(H,11,12);1-3,6,11H,4-5H2,(H,10,12). The van der Waals surface area contributed by atoms with Crippen LogP contribution in [0.25, 0.3) is 0 Å². The number of nitrogens with one attached hydrogen (secondary N) is 3. The van der Waals surface area contributed by atoms with Crippen molar-refractivity contribution in [3.8, 4) is 0 Å². The number of ketones is 5. The highest BCUT2D eigenvalue weighted by molar-refractivity contribution is 5.98. The van der Waals surface area contributed by atoms with E-state index >= 15 is 0 Å². The SMILES string of the molecule is NCCCC(=O)c1ccncc1.NCCCCC(=O)c1ccccn1.NCCCCC(=O)c1cccnc1.NCCNC(=O)c1cccnc1.O=C(CCCO)c1ccccn1.O=C(CCCO)c1ccncc1.O=C(NCCO)c1cccnc1.O=C(O)c1ccc(Cc2cnc[nH]2)cc1. The first kappa shape index (κ1) is 86.0. The number of aliphatic hydroxyl groups is 3. The molecule has 0 bridgehead atoms. The number of carboxylic acids is 1. The van der Waals surface area contributed by atoms with Gasteiger partial charge in [-0.05, 0) is 167 Å². The summed E-state index contributed by atoms with van der Waals surface area (Å²) in [5, 5.41) is 39.3. The Labute approximate surface area is 588 Å². The molecule has 15 N–H and O–H groups in total. The summed E-state index contributed by atoms with van der Waals surface area (Å²) in [7, 11) is 0. The molecule has 9 rings (SSSR count). The topological polar surface area (TPSA) is 465 Å². The fourth-order valence-electron chi connectivity index (χ4n) is 7.87. The van der Waals surface area contributed by atoms with Crippen molar-refractivity contribution in [2.24, 2.45) is 22.9 Å². The molecule has 0 fully saturated rings. The third kappa shape index (κ3) is 41.1. The molecular formula is C74H93N15O12. The first-order valence-electron chi connectivity index (χ1n) is 32.6. The molecule has 0 saturated carbocycles. The Balaban J connectivity index is 0.000000393. The molecule has 536 valence electrons. The number of nitrogens with two attached hydrogens (primary N) is 4. The number of unbranched alkanes of at least 4 members (excludes halogenated alkanes) is 2. The number of aromatic nitrogens is 9. The zero-order valence-electron chi connectivity index (χ0n) is 56.6. The number of imidazole rings is 1. The van der Waals surface area contributed by atoms with Crippen LogP contribution in [0.5, 0.6) is 0 Å². The minimum absolute atomic E-state index is 0.00958. The molecule has 0 atom stereocenters. The average Bonchev–Trinajstić information content (AvgIpc) is 1.97. The van der Waals surface area contributed by atoms with Gasteiger partial charge < -0.3 is 59.0 Å². The average molecular weight is 1380 g/mol.